The summed E-state index contributed by atoms with van der Waals surface area (Å²) in [5.74, 6) is -1.44. The standard InChI is InChI=1S/C12H11N3O5/c1-15-9(12(18)20-14-15)10(16)13-8-6-4-3-5-7(8)11(17)19-2/h3-6H,1-2H3,(H-,13,14,16,17,18). The van der Waals surface area contributed by atoms with Crippen LogP contribution >= 0.6 is 0 Å². The number of nitrogens with zero attached hydrogens (tertiary/aromatic N) is 2. The van der Waals surface area contributed by atoms with Crippen LogP contribution in [0.15, 0.2) is 38.6 Å². The molecule has 0 fully saturated rings. The molecule has 20 heavy (non-hydrogen) atoms. The highest BCUT2D eigenvalue weighted by atomic mass is 16.5. The molecule has 8 heteroatoms. The fourth-order valence-corrected chi connectivity index (χ4v) is 1.59. The molecule has 1 N–H and O–H groups in total. The molecular formula is C12H11N3O5. The molecular weight excluding hydrogens is 266 g/mol. The molecule has 0 saturated carbocycles. The first kappa shape index (κ1) is 13.5. The molecule has 1 heterocycles. The Morgan fingerprint density at radius 1 is 1.45 bits per heavy atom. The number of aryl methyl sites for hydroxylation is 1. The number of para-hydroxylation sites is 1. The van der Waals surface area contributed by atoms with Crippen molar-refractivity contribution in [3.8, 4) is 0 Å². The lowest BCUT2D eigenvalue weighted by molar-refractivity contribution is -0.742. The van der Waals surface area contributed by atoms with E-state index in [9.17, 15) is 14.7 Å². The summed E-state index contributed by atoms with van der Waals surface area (Å²) >= 11 is 0. The Hall–Kier alpha value is -2.90. The average Bonchev–Trinajstić information content (AvgIpc) is 2.78. The zero-order valence-corrected chi connectivity index (χ0v) is 10.7. The maximum absolute atomic E-state index is 12.0. The number of H-pyrrole nitrogens is 1. The smallest absolute Gasteiger partial charge is 0.435 e. The number of carbonyl (C=O) groups excluding carboxylic acids is 1. The molecule has 2 aromatic rings. The van der Waals surface area contributed by atoms with Gasteiger partial charge in [-0.15, -0.1) is 0 Å². The van der Waals surface area contributed by atoms with Crippen LogP contribution < -0.4 is 15.4 Å². The molecule has 0 amide bonds. The van der Waals surface area contributed by atoms with Crippen LogP contribution in [0.2, 0.25) is 0 Å². The number of hydrogen-bond donors (Lipinski definition) is 1. The predicted molar refractivity (Wildman–Crippen MR) is 64.5 cm³/mol. The second-order valence-corrected chi connectivity index (χ2v) is 3.81. The Kier molecular flexibility index (Phi) is 3.65. The van der Waals surface area contributed by atoms with Crippen molar-refractivity contribution in [1.82, 2.24) is 5.27 Å². The normalized spacial score (nSPS) is 11.4. The molecule has 1 aromatic carbocycles. The van der Waals surface area contributed by atoms with Crippen molar-refractivity contribution in [2.24, 2.45) is 12.0 Å². The minimum absolute atomic E-state index is 0.116. The second-order valence-electron chi connectivity index (χ2n) is 3.81. The third kappa shape index (κ3) is 2.44. The Bertz CT molecular complexity index is 729. The number of carbonyl (C=O) groups is 1. The number of rotatable bonds is 3. The summed E-state index contributed by atoms with van der Waals surface area (Å²) in [5, 5.41) is 14.2. The molecule has 0 aliphatic heterocycles. The maximum atomic E-state index is 12.0. The molecule has 0 aliphatic rings. The number of aromatic amines is 1. The van der Waals surface area contributed by atoms with Gasteiger partial charge in [-0.25, -0.2) is 9.59 Å². The number of benzene rings is 1. The summed E-state index contributed by atoms with van der Waals surface area (Å²) in [7, 11) is 2.65. The van der Waals surface area contributed by atoms with E-state index >= 15 is 0 Å². The average molecular weight is 277 g/mol. The molecule has 0 unspecified atom stereocenters. The van der Waals surface area contributed by atoms with Crippen molar-refractivity contribution >= 4 is 17.6 Å². The largest absolute Gasteiger partial charge is 0.854 e. The maximum Gasteiger partial charge on any atom is 0.435 e. The van der Waals surface area contributed by atoms with Crippen LogP contribution in [0.5, 0.6) is 0 Å². The van der Waals surface area contributed by atoms with Gasteiger partial charge < -0.3 is 9.84 Å². The first-order valence-corrected chi connectivity index (χ1v) is 5.55. The summed E-state index contributed by atoms with van der Waals surface area (Å²) in [4.78, 5) is 26.7. The Balaban J connectivity index is 2.51. The molecule has 2 rings (SSSR count). The molecule has 8 nitrogen and oxygen atoms in total. The number of nitrogens with one attached hydrogen (secondary N) is 1. The van der Waals surface area contributed by atoms with Crippen molar-refractivity contribution in [3.05, 3.63) is 45.9 Å². The van der Waals surface area contributed by atoms with E-state index in [0.29, 0.717) is 0 Å². The van der Waals surface area contributed by atoms with E-state index in [2.05, 4.69) is 19.5 Å². The van der Waals surface area contributed by atoms with Crippen LogP contribution in [0.3, 0.4) is 0 Å². The third-order valence-corrected chi connectivity index (χ3v) is 2.54. The quantitative estimate of drug-likeness (QED) is 0.335. The van der Waals surface area contributed by atoms with Crippen molar-refractivity contribution in [2.45, 2.75) is 0 Å². The van der Waals surface area contributed by atoms with Gasteiger partial charge in [0.25, 0.3) is 0 Å². The van der Waals surface area contributed by atoms with Gasteiger partial charge in [0, 0.05) is 0 Å². The van der Waals surface area contributed by atoms with E-state index in [1.165, 1.54) is 26.3 Å². The Labute approximate surface area is 112 Å². The molecule has 1 aromatic heterocycles. The lowest BCUT2D eigenvalue weighted by Crippen LogP contribution is -2.43. The van der Waals surface area contributed by atoms with Gasteiger partial charge in [-0.1, -0.05) is 16.8 Å². The number of methoxy groups -OCH3 is 1. The lowest BCUT2D eigenvalue weighted by atomic mass is 10.2. The van der Waals surface area contributed by atoms with Crippen molar-refractivity contribution in [1.29, 1.82) is 0 Å². The highest BCUT2D eigenvalue weighted by Crippen LogP contribution is 2.19. The first-order chi connectivity index (χ1) is 9.54. The van der Waals surface area contributed by atoms with Gasteiger partial charge in [0.2, 0.25) is 0 Å². The number of aliphatic imine (C=N–C) groups is 1. The first-order valence-electron chi connectivity index (χ1n) is 5.55. The van der Waals surface area contributed by atoms with Crippen LogP contribution in [0, 0.1) is 0 Å². The minimum Gasteiger partial charge on any atom is -0.854 e. The molecule has 0 radical (unpaired) electrons. The van der Waals surface area contributed by atoms with Gasteiger partial charge in [-0.05, 0) is 17.4 Å². The van der Waals surface area contributed by atoms with Crippen LogP contribution in [0.4, 0.5) is 5.69 Å². The fourth-order valence-electron chi connectivity index (χ4n) is 1.59. The van der Waals surface area contributed by atoms with E-state index in [-0.39, 0.29) is 16.9 Å². The Morgan fingerprint density at radius 2 is 2.15 bits per heavy atom. The van der Waals surface area contributed by atoms with Crippen LogP contribution in [0.25, 0.3) is 0 Å². The summed E-state index contributed by atoms with van der Waals surface area (Å²) in [6, 6.07) is 6.16. The molecule has 0 bridgehead atoms. The zero-order chi connectivity index (χ0) is 14.7. The highest BCUT2D eigenvalue weighted by Gasteiger charge is 2.18. The van der Waals surface area contributed by atoms with E-state index in [1.807, 2.05) is 0 Å². The number of esters is 1. The molecule has 0 saturated heterocycles. The Morgan fingerprint density at radius 3 is 2.75 bits per heavy atom. The van der Waals surface area contributed by atoms with Gasteiger partial charge in [0.05, 0.1) is 24.3 Å². The second kappa shape index (κ2) is 5.39. The van der Waals surface area contributed by atoms with Gasteiger partial charge in [-0.2, -0.15) is 0 Å². The highest BCUT2D eigenvalue weighted by molar-refractivity contribution is 5.97. The lowest BCUT2D eigenvalue weighted by Gasteiger charge is -2.06. The summed E-state index contributed by atoms with van der Waals surface area (Å²) in [5.41, 5.74) is -0.864. The van der Waals surface area contributed by atoms with Crippen LogP contribution in [0.1, 0.15) is 16.1 Å². The van der Waals surface area contributed by atoms with Gasteiger partial charge in [0.15, 0.2) is 7.05 Å². The monoisotopic (exact) mass is 277 g/mol. The minimum atomic E-state index is -0.836. The van der Waals surface area contributed by atoms with Crippen molar-refractivity contribution < 1.29 is 23.8 Å². The van der Waals surface area contributed by atoms with Gasteiger partial charge in [0.1, 0.15) is 0 Å². The number of hydrogen-bond acceptors (Lipinski definition) is 6. The summed E-state index contributed by atoms with van der Waals surface area (Å²) in [6.07, 6.45) is 0. The van der Waals surface area contributed by atoms with E-state index in [4.69, 9.17) is 0 Å². The molecule has 0 aliphatic carbocycles. The predicted octanol–water partition coefficient (Wildman–Crippen LogP) is -0.982. The molecule has 0 spiro atoms. The molecule has 104 valence electrons. The van der Waals surface area contributed by atoms with E-state index in [1.54, 1.807) is 12.1 Å². The van der Waals surface area contributed by atoms with Crippen molar-refractivity contribution in [3.63, 3.8) is 0 Å². The number of ether oxygens (including phenoxy) is 1. The van der Waals surface area contributed by atoms with Gasteiger partial charge >= 0.3 is 17.3 Å². The van der Waals surface area contributed by atoms with Crippen LogP contribution in [-0.2, 0) is 11.8 Å². The summed E-state index contributed by atoms with van der Waals surface area (Å²) < 4.78 is 10.2. The molecule has 0 atom stereocenters. The fraction of sp³-hybridized carbons (Fsp3) is 0.167. The van der Waals surface area contributed by atoms with E-state index in [0.717, 1.165) is 4.68 Å². The van der Waals surface area contributed by atoms with E-state index < -0.39 is 17.5 Å². The SMILES string of the molecule is COC(=O)c1ccccc1N=C([O-])c1c(=O)o[nH][n+]1C. The zero-order valence-electron chi connectivity index (χ0n) is 10.7. The van der Waals surface area contributed by atoms with Crippen LogP contribution in [-0.4, -0.2) is 24.2 Å². The third-order valence-electron chi connectivity index (χ3n) is 2.54. The van der Waals surface area contributed by atoms with Gasteiger partial charge in [-0.3, -0.25) is 9.52 Å². The van der Waals surface area contributed by atoms with Crippen molar-refractivity contribution in [2.75, 3.05) is 7.11 Å². The summed E-state index contributed by atoms with van der Waals surface area (Å²) in [6.45, 7) is 0. The topological polar surface area (TPSA) is 112 Å². The number of aromatic nitrogens is 2.